The largest absolute Gasteiger partial charge is 0.508 e. The van der Waals surface area contributed by atoms with Gasteiger partial charge in [0, 0.05) is 35.6 Å². The van der Waals surface area contributed by atoms with Gasteiger partial charge in [0.1, 0.15) is 11.5 Å². The minimum absolute atomic E-state index is 0.151. The van der Waals surface area contributed by atoms with Crippen molar-refractivity contribution in [1.82, 2.24) is 0 Å². The van der Waals surface area contributed by atoms with Crippen molar-refractivity contribution in [3.05, 3.63) is 36.4 Å². The van der Waals surface area contributed by atoms with Crippen molar-refractivity contribution in [2.45, 2.75) is 0 Å². The Bertz CT molecular complexity index is 667. The topological polar surface area (TPSA) is 100 Å². The molecular formula is C15H16N2O5. The maximum Gasteiger partial charge on any atom is 0.323 e. The van der Waals surface area contributed by atoms with Gasteiger partial charge in [-0.1, -0.05) is 0 Å². The molecule has 116 valence electrons. The maximum atomic E-state index is 11.9. The number of phenolic OH excluding ortho intramolecular Hbond substituents is 2. The van der Waals surface area contributed by atoms with Crippen LogP contribution in [0.15, 0.2) is 36.4 Å². The van der Waals surface area contributed by atoms with Crippen LogP contribution in [0.1, 0.15) is 0 Å². The number of hydrogen-bond donors (Lipinski definition) is 4. The summed E-state index contributed by atoms with van der Waals surface area (Å²) in [6.07, 6.45) is 0. The third-order valence-corrected chi connectivity index (χ3v) is 2.80. The van der Waals surface area contributed by atoms with Crippen LogP contribution in [0.2, 0.25) is 0 Å². The fourth-order valence-electron chi connectivity index (χ4n) is 1.87. The number of rotatable bonds is 4. The highest BCUT2D eigenvalue weighted by Gasteiger charge is 2.08. The molecule has 0 aliphatic carbocycles. The molecular weight excluding hydrogens is 288 g/mol. The molecule has 2 aromatic rings. The predicted molar refractivity (Wildman–Crippen MR) is 82.0 cm³/mol. The highest BCUT2D eigenvalue weighted by Crippen LogP contribution is 2.30. The fourth-order valence-corrected chi connectivity index (χ4v) is 1.87. The minimum atomic E-state index is -0.530. The number of hydrogen-bond acceptors (Lipinski definition) is 5. The lowest BCUT2D eigenvalue weighted by molar-refractivity contribution is 0.262. The van der Waals surface area contributed by atoms with E-state index in [-0.39, 0.29) is 17.2 Å². The van der Waals surface area contributed by atoms with Crippen molar-refractivity contribution in [3.63, 3.8) is 0 Å². The highest BCUT2D eigenvalue weighted by molar-refractivity contribution is 6.00. The van der Waals surface area contributed by atoms with Crippen LogP contribution in [0, 0.1) is 0 Å². The molecule has 0 fully saturated rings. The molecule has 4 N–H and O–H groups in total. The Morgan fingerprint density at radius 3 is 2.05 bits per heavy atom. The number of methoxy groups -OCH3 is 2. The van der Waals surface area contributed by atoms with Crippen LogP contribution in [0.5, 0.6) is 23.0 Å². The predicted octanol–water partition coefficient (Wildman–Crippen LogP) is 2.76. The molecule has 2 aromatic carbocycles. The van der Waals surface area contributed by atoms with Gasteiger partial charge in [-0.15, -0.1) is 0 Å². The number of carbonyl (C=O) groups excluding carboxylic acids is 1. The Balaban J connectivity index is 2.08. The van der Waals surface area contributed by atoms with Gasteiger partial charge in [0.05, 0.1) is 14.2 Å². The Kier molecular flexibility index (Phi) is 4.57. The number of urea groups is 1. The van der Waals surface area contributed by atoms with E-state index in [4.69, 9.17) is 9.47 Å². The second-order valence-electron chi connectivity index (χ2n) is 4.39. The van der Waals surface area contributed by atoms with Gasteiger partial charge < -0.3 is 30.3 Å². The quantitative estimate of drug-likeness (QED) is 0.696. The molecule has 0 unspecified atom stereocenters. The average molecular weight is 304 g/mol. The van der Waals surface area contributed by atoms with Crippen LogP contribution in [0.4, 0.5) is 16.2 Å². The van der Waals surface area contributed by atoms with E-state index in [1.807, 2.05) is 0 Å². The van der Waals surface area contributed by atoms with Crippen LogP contribution in [0.3, 0.4) is 0 Å². The second kappa shape index (κ2) is 6.57. The van der Waals surface area contributed by atoms with Gasteiger partial charge in [0.2, 0.25) is 0 Å². The fraction of sp³-hybridized carbons (Fsp3) is 0.133. The summed E-state index contributed by atoms with van der Waals surface area (Å²) < 4.78 is 10.3. The first-order chi connectivity index (χ1) is 10.5. The molecule has 0 aliphatic rings. The van der Waals surface area contributed by atoms with E-state index < -0.39 is 6.03 Å². The van der Waals surface area contributed by atoms with Crippen LogP contribution in [-0.4, -0.2) is 30.5 Å². The molecule has 0 heterocycles. The molecule has 7 heteroatoms. The average Bonchev–Trinajstić information content (AvgIpc) is 2.45. The molecule has 0 atom stereocenters. The monoisotopic (exact) mass is 304 g/mol. The third kappa shape index (κ3) is 3.72. The van der Waals surface area contributed by atoms with E-state index in [2.05, 4.69) is 10.6 Å². The van der Waals surface area contributed by atoms with Crippen molar-refractivity contribution in [2.75, 3.05) is 24.9 Å². The molecule has 2 amide bonds. The zero-order valence-electron chi connectivity index (χ0n) is 12.1. The van der Waals surface area contributed by atoms with Gasteiger partial charge in [0.25, 0.3) is 0 Å². The Hall–Kier alpha value is -3.09. The van der Waals surface area contributed by atoms with Crippen LogP contribution >= 0.6 is 0 Å². The van der Waals surface area contributed by atoms with E-state index in [1.54, 1.807) is 18.2 Å². The first-order valence-corrected chi connectivity index (χ1v) is 6.35. The summed E-state index contributed by atoms with van der Waals surface area (Å²) >= 11 is 0. The van der Waals surface area contributed by atoms with E-state index in [9.17, 15) is 15.0 Å². The SMILES string of the molecule is COc1ccc(NC(=O)Nc2cc(O)cc(O)c2)cc1OC. The van der Waals surface area contributed by atoms with Crippen molar-refractivity contribution >= 4 is 17.4 Å². The van der Waals surface area contributed by atoms with Crippen molar-refractivity contribution in [1.29, 1.82) is 0 Å². The number of phenols is 2. The first-order valence-electron chi connectivity index (χ1n) is 6.35. The van der Waals surface area contributed by atoms with Crippen molar-refractivity contribution in [3.8, 4) is 23.0 Å². The van der Waals surface area contributed by atoms with Gasteiger partial charge in [-0.3, -0.25) is 0 Å². The summed E-state index contributed by atoms with van der Waals surface area (Å²) in [6.45, 7) is 0. The number of amides is 2. The Labute approximate surface area is 127 Å². The standard InChI is InChI=1S/C15H16N2O5/c1-21-13-4-3-9(7-14(13)22-2)16-15(20)17-10-5-11(18)8-12(19)6-10/h3-8,18-19H,1-2H3,(H2,16,17,20). The lowest BCUT2D eigenvalue weighted by Crippen LogP contribution is -2.19. The van der Waals surface area contributed by atoms with Crippen molar-refractivity contribution in [2.24, 2.45) is 0 Å². The lowest BCUT2D eigenvalue weighted by atomic mass is 10.2. The molecule has 22 heavy (non-hydrogen) atoms. The van der Waals surface area contributed by atoms with Gasteiger partial charge in [-0.2, -0.15) is 0 Å². The third-order valence-electron chi connectivity index (χ3n) is 2.80. The number of ether oxygens (including phenoxy) is 2. The molecule has 0 aromatic heterocycles. The van der Waals surface area contributed by atoms with Gasteiger partial charge in [-0.25, -0.2) is 4.79 Å². The van der Waals surface area contributed by atoms with Gasteiger partial charge >= 0.3 is 6.03 Å². The Morgan fingerprint density at radius 1 is 0.864 bits per heavy atom. The summed E-state index contributed by atoms with van der Waals surface area (Å²) in [6, 6.07) is 8.18. The van der Waals surface area contributed by atoms with E-state index in [0.29, 0.717) is 17.2 Å². The molecule has 0 saturated heterocycles. The molecule has 0 bridgehead atoms. The highest BCUT2D eigenvalue weighted by atomic mass is 16.5. The summed E-state index contributed by atoms with van der Waals surface area (Å²) in [5.41, 5.74) is 0.759. The molecule has 7 nitrogen and oxygen atoms in total. The zero-order valence-corrected chi connectivity index (χ0v) is 12.1. The number of nitrogens with one attached hydrogen (secondary N) is 2. The number of aromatic hydroxyl groups is 2. The lowest BCUT2D eigenvalue weighted by Gasteiger charge is -2.11. The summed E-state index contributed by atoms with van der Waals surface area (Å²) in [5.74, 6) is 0.726. The van der Waals surface area contributed by atoms with Crippen LogP contribution < -0.4 is 20.1 Å². The molecule has 2 rings (SSSR count). The van der Waals surface area contributed by atoms with Gasteiger partial charge in [-0.05, 0) is 12.1 Å². The normalized spacial score (nSPS) is 9.91. The van der Waals surface area contributed by atoms with E-state index >= 15 is 0 Å². The molecule has 0 spiro atoms. The summed E-state index contributed by atoms with van der Waals surface area (Å²) in [7, 11) is 3.02. The molecule has 0 aliphatic heterocycles. The molecule has 0 saturated carbocycles. The zero-order chi connectivity index (χ0) is 16.1. The second-order valence-corrected chi connectivity index (χ2v) is 4.39. The number of carbonyl (C=O) groups is 1. The number of benzene rings is 2. The summed E-state index contributed by atoms with van der Waals surface area (Å²) in [5, 5.41) is 23.8. The summed E-state index contributed by atoms with van der Waals surface area (Å²) in [4.78, 5) is 11.9. The Morgan fingerprint density at radius 2 is 1.45 bits per heavy atom. The minimum Gasteiger partial charge on any atom is -0.508 e. The smallest absolute Gasteiger partial charge is 0.323 e. The maximum absolute atomic E-state index is 11.9. The first kappa shape index (κ1) is 15.3. The van der Waals surface area contributed by atoms with Crippen LogP contribution in [-0.2, 0) is 0 Å². The van der Waals surface area contributed by atoms with Crippen molar-refractivity contribution < 1.29 is 24.5 Å². The van der Waals surface area contributed by atoms with E-state index in [0.717, 1.165) is 6.07 Å². The van der Waals surface area contributed by atoms with E-state index in [1.165, 1.54) is 26.4 Å². The number of anilines is 2. The molecule has 0 radical (unpaired) electrons. The van der Waals surface area contributed by atoms with Gasteiger partial charge in [0.15, 0.2) is 11.5 Å². The van der Waals surface area contributed by atoms with Crippen LogP contribution in [0.25, 0.3) is 0 Å².